The van der Waals surface area contributed by atoms with Crippen LogP contribution in [0, 0.1) is 13.8 Å². The van der Waals surface area contributed by atoms with Crippen molar-refractivity contribution in [1.29, 1.82) is 0 Å². The number of benzene rings is 1. The van der Waals surface area contributed by atoms with Gasteiger partial charge < -0.3 is 15.2 Å². The van der Waals surface area contributed by atoms with Crippen LogP contribution in [-0.4, -0.2) is 51.4 Å². The van der Waals surface area contributed by atoms with E-state index in [4.69, 9.17) is 0 Å². The van der Waals surface area contributed by atoms with Crippen LogP contribution in [0.25, 0.3) is 11.6 Å². The number of sulfonamides is 1. The van der Waals surface area contributed by atoms with Gasteiger partial charge in [0.05, 0.1) is 10.5 Å². The number of hydrogen-bond acceptors (Lipinski definition) is 4. The number of carbonyl (C=O) groups excluding carboxylic acids is 1. The molecule has 0 spiro atoms. The number of amides is 1. The number of fused-ring (bicyclic) bond motifs is 1. The molecule has 8 heteroatoms. The fourth-order valence-electron chi connectivity index (χ4n) is 3.85. The molecule has 7 nitrogen and oxygen atoms in total. The van der Waals surface area contributed by atoms with Gasteiger partial charge in [-0.25, -0.2) is 13.1 Å². The first-order chi connectivity index (χ1) is 14.6. The van der Waals surface area contributed by atoms with E-state index >= 15 is 0 Å². The minimum absolute atomic E-state index is 0.158. The zero-order valence-electron chi connectivity index (χ0n) is 18.9. The van der Waals surface area contributed by atoms with E-state index < -0.39 is 10.0 Å². The van der Waals surface area contributed by atoms with E-state index in [2.05, 4.69) is 40.9 Å². The summed E-state index contributed by atoms with van der Waals surface area (Å²) < 4.78 is 27.7. The average molecular weight is 445 g/mol. The first kappa shape index (κ1) is 23.2. The predicted molar refractivity (Wildman–Crippen MR) is 126 cm³/mol. The number of aromatic amines is 1. The van der Waals surface area contributed by atoms with Crippen molar-refractivity contribution in [3.8, 4) is 0 Å². The van der Waals surface area contributed by atoms with Crippen LogP contribution in [-0.2, 0) is 21.2 Å². The molecule has 1 aliphatic rings. The highest BCUT2D eigenvalue weighted by Gasteiger charge is 2.27. The van der Waals surface area contributed by atoms with Gasteiger partial charge in [0.15, 0.2) is 0 Å². The molecular weight excluding hydrogens is 412 g/mol. The number of aromatic nitrogens is 1. The van der Waals surface area contributed by atoms with Gasteiger partial charge in [-0.2, -0.15) is 0 Å². The van der Waals surface area contributed by atoms with Crippen molar-refractivity contribution < 1.29 is 13.2 Å². The summed E-state index contributed by atoms with van der Waals surface area (Å²) >= 11 is 0. The van der Waals surface area contributed by atoms with E-state index in [-0.39, 0.29) is 10.8 Å². The monoisotopic (exact) mass is 444 g/mol. The maximum Gasteiger partial charge on any atom is 0.256 e. The molecule has 0 saturated carbocycles. The van der Waals surface area contributed by atoms with Gasteiger partial charge in [0.25, 0.3) is 5.91 Å². The van der Waals surface area contributed by atoms with E-state index in [0.717, 1.165) is 36.3 Å². The molecule has 0 unspecified atom stereocenters. The van der Waals surface area contributed by atoms with Crippen LogP contribution < -0.4 is 10.0 Å². The standard InChI is InChI=1S/C23H32N4O3S/c1-6-11-24-31(29,30)17-9-10-21-19(13-17)20(23(28)26-21)14-22-15(2)18(16(3)25-22)8-7-12-27(4)5/h9-10,13-14,24-25H,6-8,11-12H2,1-5H3,(H,26,28). The van der Waals surface area contributed by atoms with Gasteiger partial charge in [-0.15, -0.1) is 0 Å². The Morgan fingerprint density at radius 3 is 2.61 bits per heavy atom. The van der Waals surface area contributed by atoms with Crippen molar-refractivity contribution in [3.05, 3.63) is 46.3 Å². The lowest BCUT2D eigenvalue weighted by Crippen LogP contribution is -2.24. The Bertz CT molecular complexity index is 1110. The topological polar surface area (TPSA) is 94.3 Å². The molecule has 1 aromatic carbocycles. The lowest BCUT2D eigenvalue weighted by atomic mass is 10.0. The number of nitrogens with one attached hydrogen (secondary N) is 3. The molecular formula is C23H32N4O3S. The van der Waals surface area contributed by atoms with Gasteiger partial charge in [-0.1, -0.05) is 6.92 Å². The fraction of sp³-hybridized carbons (Fsp3) is 0.435. The summed E-state index contributed by atoms with van der Waals surface area (Å²) in [5.74, 6) is -0.230. The lowest BCUT2D eigenvalue weighted by Gasteiger charge is -2.09. The van der Waals surface area contributed by atoms with E-state index in [1.165, 1.54) is 11.6 Å². The highest BCUT2D eigenvalue weighted by atomic mass is 32.2. The normalized spacial score (nSPS) is 15.0. The van der Waals surface area contributed by atoms with Crippen molar-refractivity contribution in [2.24, 2.45) is 0 Å². The molecule has 1 aromatic heterocycles. The highest BCUT2D eigenvalue weighted by Crippen LogP contribution is 2.35. The number of nitrogens with zero attached hydrogens (tertiary/aromatic N) is 1. The average Bonchev–Trinajstić information content (AvgIpc) is 3.16. The van der Waals surface area contributed by atoms with Gasteiger partial charge in [-0.05, 0) is 89.2 Å². The third kappa shape index (κ3) is 5.08. The van der Waals surface area contributed by atoms with E-state index in [1.807, 2.05) is 19.9 Å². The molecule has 2 heterocycles. The molecule has 1 amide bonds. The van der Waals surface area contributed by atoms with Crippen molar-refractivity contribution in [2.75, 3.05) is 32.5 Å². The van der Waals surface area contributed by atoms with Gasteiger partial charge in [-0.3, -0.25) is 4.79 Å². The number of hydrogen-bond donors (Lipinski definition) is 3. The van der Waals surface area contributed by atoms with Crippen LogP contribution in [0.4, 0.5) is 5.69 Å². The second kappa shape index (κ2) is 9.38. The minimum atomic E-state index is -3.61. The molecule has 3 rings (SSSR count). The van der Waals surface area contributed by atoms with Gasteiger partial charge >= 0.3 is 0 Å². The zero-order valence-corrected chi connectivity index (χ0v) is 19.7. The molecule has 3 N–H and O–H groups in total. The zero-order chi connectivity index (χ0) is 22.8. The maximum atomic E-state index is 12.7. The van der Waals surface area contributed by atoms with Gasteiger partial charge in [0.1, 0.15) is 0 Å². The summed E-state index contributed by atoms with van der Waals surface area (Å²) in [6, 6.07) is 4.74. The molecule has 31 heavy (non-hydrogen) atoms. The second-order valence-corrected chi connectivity index (χ2v) is 10.1. The number of anilines is 1. The number of H-pyrrole nitrogens is 1. The largest absolute Gasteiger partial charge is 0.359 e. The molecule has 0 atom stereocenters. The van der Waals surface area contributed by atoms with Crippen molar-refractivity contribution in [3.63, 3.8) is 0 Å². The maximum absolute atomic E-state index is 12.7. The van der Waals surface area contributed by atoms with Crippen molar-refractivity contribution in [1.82, 2.24) is 14.6 Å². The molecule has 1 aliphatic heterocycles. The van der Waals surface area contributed by atoms with Crippen LogP contribution in [0.3, 0.4) is 0 Å². The Hall–Kier alpha value is -2.42. The fourth-order valence-corrected chi connectivity index (χ4v) is 5.01. The third-order valence-corrected chi connectivity index (χ3v) is 7.04. The van der Waals surface area contributed by atoms with Crippen molar-refractivity contribution >= 4 is 33.3 Å². The van der Waals surface area contributed by atoms with Crippen LogP contribution in [0.15, 0.2) is 23.1 Å². The second-order valence-electron chi connectivity index (χ2n) is 8.29. The molecule has 0 aliphatic carbocycles. The van der Waals surface area contributed by atoms with E-state index in [9.17, 15) is 13.2 Å². The van der Waals surface area contributed by atoms with E-state index in [1.54, 1.807) is 12.1 Å². The first-order valence-corrected chi connectivity index (χ1v) is 12.1. The summed E-state index contributed by atoms with van der Waals surface area (Å²) in [6.45, 7) is 7.40. The summed E-state index contributed by atoms with van der Waals surface area (Å²) in [6.07, 6.45) is 4.55. The van der Waals surface area contributed by atoms with Crippen LogP contribution in [0.5, 0.6) is 0 Å². The van der Waals surface area contributed by atoms with Gasteiger partial charge in [0, 0.05) is 29.2 Å². The molecule has 2 aromatic rings. The van der Waals surface area contributed by atoms with Crippen molar-refractivity contribution in [2.45, 2.75) is 44.9 Å². The highest BCUT2D eigenvalue weighted by molar-refractivity contribution is 7.89. The smallest absolute Gasteiger partial charge is 0.256 e. The number of carbonyl (C=O) groups is 1. The van der Waals surface area contributed by atoms with Crippen LogP contribution in [0.2, 0.25) is 0 Å². The summed E-state index contributed by atoms with van der Waals surface area (Å²) in [4.78, 5) is 18.4. The molecule has 168 valence electrons. The Morgan fingerprint density at radius 2 is 1.94 bits per heavy atom. The minimum Gasteiger partial charge on any atom is -0.359 e. The SMILES string of the molecule is CCCNS(=O)(=O)c1ccc2c(c1)C(=Cc1[nH]c(C)c(CCCN(C)C)c1C)C(=O)N2. The molecule has 0 bridgehead atoms. The number of aryl methyl sites for hydroxylation is 1. The Labute approximate surface area is 185 Å². The van der Waals surface area contributed by atoms with Gasteiger partial charge in [0.2, 0.25) is 10.0 Å². The lowest BCUT2D eigenvalue weighted by molar-refractivity contribution is -0.110. The van der Waals surface area contributed by atoms with E-state index in [0.29, 0.717) is 29.8 Å². The summed E-state index contributed by atoms with van der Waals surface area (Å²) in [5.41, 5.74) is 6.06. The number of rotatable bonds is 9. The Morgan fingerprint density at radius 1 is 1.19 bits per heavy atom. The Balaban J connectivity index is 1.95. The Kier molecular flexibility index (Phi) is 7.03. The quantitative estimate of drug-likeness (QED) is 0.517. The summed E-state index contributed by atoms with van der Waals surface area (Å²) in [7, 11) is 0.515. The predicted octanol–water partition coefficient (Wildman–Crippen LogP) is 3.31. The van der Waals surface area contributed by atoms with Crippen LogP contribution >= 0.6 is 0 Å². The summed E-state index contributed by atoms with van der Waals surface area (Å²) in [5, 5.41) is 2.84. The molecule has 0 radical (unpaired) electrons. The third-order valence-electron chi connectivity index (χ3n) is 5.58. The molecule has 0 saturated heterocycles. The van der Waals surface area contributed by atoms with Crippen LogP contribution in [0.1, 0.15) is 47.8 Å². The molecule has 0 fully saturated rings. The first-order valence-electron chi connectivity index (χ1n) is 10.6.